The summed E-state index contributed by atoms with van der Waals surface area (Å²) < 4.78 is 26.9. The van der Waals surface area contributed by atoms with Gasteiger partial charge in [0.2, 0.25) is 5.36 Å². The van der Waals surface area contributed by atoms with Crippen LogP contribution >= 0.6 is 0 Å². The summed E-state index contributed by atoms with van der Waals surface area (Å²) in [5.74, 6) is -0.938. The van der Waals surface area contributed by atoms with Crippen LogP contribution in [-0.4, -0.2) is 119 Å². The number of nitrogens with zero attached hydrogens (tertiary/aromatic N) is 8. The van der Waals surface area contributed by atoms with Gasteiger partial charge in [0.15, 0.2) is 0 Å². The Hall–Kier alpha value is -5.84. The van der Waals surface area contributed by atoms with Crippen LogP contribution in [0.3, 0.4) is 0 Å². The van der Waals surface area contributed by atoms with E-state index in [-0.39, 0.29) is 24.3 Å². The van der Waals surface area contributed by atoms with Gasteiger partial charge in [-0.15, -0.1) is 5.10 Å². The number of carbonyl (C=O) groups is 2. The maximum atomic E-state index is 13.1. The van der Waals surface area contributed by atoms with Gasteiger partial charge in [0, 0.05) is 84.7 Å². The fourth-order valence-electron chi connectivity index (χ4n) is 5.90. The minimum absolute atomic E-state index is 0.00479. The molecule has 0 radical (unpaired) electrons. The zero-order chi connectivity index (χ0) is 39.9. The summed E-state index contributed by atoms with van der Waals surface area (Å²) in [5.41, 5.74) is 12.9. The number of anilines is 1. The summed E-state index contributed by atoms with van der Waals surface area (Å²) in [7, 11) is 7.78. The van der Waals surface area contributed by atoms with Crippen molar-refractivity contribution < 1.29 is 33.3 Å². The smallest absolute Gasteiger partial charge is 0.336 e. The van der Waals surface area contributed by atoms with Crippen LogP contribution in [0.1, 0.15) is 32.8 Å². The molecule has 0 atom stereocenters. The second kappa shape index (κ2) is 20.7. The van der Waals surface area contributed by atoms with Gasteiger partial charge in [-0.3, -0.25) is 4.79 Å². The fraction of sp³-hybridized carbons (Fsp3) is 0.410. The van der Waals surface area contributed by atoms with Crippen LogP contribution < -0.4 is 25.5 Å². The maximum absolute atomic E-state index is 13.1. The first kappa shape index (κ1) is 41.3. The molecule has 17 heteroatoms. The second-order valence-corrected chi connectivity index (χ2v) is 13.2. The quantitative estimate of drug-likeness (QED) is 0.0230. The Bertz CT molecular complexity index is 2190. The third-order valence-corrected chi connectivity index (χ3v) is 8.81. The van der Waals surface area contributed by atoms with Gasteiger partial charge in [0.05, 0.1) is 63.5 Å². The molecule has 17 nitrogen and oxygen atoms in total. The largest absolute Gasteiger partial charge is 0.478 e. The molecule has 0 spiro atoms. The van der Waals surface area contributed by atoms with Crippen molar-refractivity contribution >= 4 is 28.5 Å². The fourth-order valence-corrected chi connectivity index (χ4v) is 5.90. The van der Waals surface area contributed by atoms with E-state index in [2.05, 4.69) is 31.0 Å². The lowest BCUT2D eigenvalue weighted by molar-refractivity contribution is 0.0133. The van der Waals surface area contributed by atoms with Crippen molar-refractivity contribution in [2.75, 3.05) is 92.4 Å². The molecule has 56 heavy (non-hydrogen) atoms. The van der Waals surface area contributed by atoms with E-state index in [9.17, 15) is 14.7 Å². The van der Waals surface area contributed by atoms with Gasteiger partial charge in [-0.1, -0.05) is 16.4 Å². The Morgan fingerprint density at radius 3 is 2.45 bits per heavy atom. The first-order valence-corrected chi connectivity index (χ1v) is 18.3. The van der Waals surface area contributed by atoms with E-state index in [0.717, 1.165) is 40.7 Å². The molecule has 0 bridgehead atoms. The van der Waals surface area contributed by atoms with Crippen molar-refractivity contribution in [1.82, 2.24) is 30.2 Å². The molecule has 1 aliphatic heterocycles. The SMILES string of the molecule is CN(C)c1ccc2c(-c3ccc(C(=O)NCCOCCOCCOCCn4cc(CNCCCN=[N+]=[N-])nn4)cc3C(=O)O)c3ccc(=[N+](C)C)cc-3oc2c1. The average molecular weight is 770 g/mol. The molecule has 1 aliphatic carbocycles. The molecule has 0 fully saturated rings. The van der Waals surface area contributed by atoms with Crippen molar-refractivity contribution in [3.63, 3.8) is 0 Å². The highest BCUT2D eigenvalue weighted by Gasteiger charge is 2.23. The zero-order valence-corrected chi connectivity index (χ0v) is 32.2. The summed E-state index contributed by atoms with van der Waals surface area (Å²) in [6.45, 7) is 4.83. The topological polar surface area (TPSA) is 205 Å². The van der Waals surface area contributed by atoms with Gasteiger partial charge >= 0.3 is 5.97 Å². The summed E-state index contributed by atoms with van der Waals surface area (Å²) in [6, 6.07) is 16.4. The van der Waals surface area contributed by atoms with E-state index in [1.807, 2.05) is 80.3 Å². The molecule has 3 aromatic rings. The number of fused-ring (bicyclic) bond motifs is 2. The molecule has 0 saturated carbocycles. The Labute approximate surface area is 324 Å². The highest BCUT2D eigenvalue weighted by Crippen LogP contribution is 2.42. The van der Waals surface area contributed by atoms with E-state index >= 15 is 0 Å². The Morgan fingerprint density at radius 2 is 1.71 bits per heavy atom. The minimum atomic E-state index is -1.15. The van der Waals surface area contributed by atoms with Crippen LogP contribution in [-0.2, 0) is 27.3 Å². The number of carboxylic acid groups (broad SMARTS) is 1. The number of benzene rings is 3. The lowest BCUT2D eigenvalue weighted by Gasteiger charge is -2.19. The maximum Gasteiger partial charge on any atom is 0.336 e. The molecular formula is C39H49N10O7+. The summed E-state index contributed by atoms with van der Waals surface area (Å²) in [4.78, 5) is 30.5. The molecule has 5 rings (SSSR count). The lowest BCUT2D eigenvalue weighted by atomic mass is 9.89. The highest BCUT2D eigenvalue weighted by atomic mass is 16.5. The van der Waals surface area contributed by atoms with E-state index in [4.69, 9.17) is 24.2 Å². The first-order valence-electron chi connectivity index (χ1n) is 18.3. The van der Waals surface area contributed by atoms with Gasteiger partial charge in [-0.2, -0.15) is 0 Å². The van der Waals surface area contributed by atoms with E-state index in [0.29, 0.717) is 75.1 Å². The van der Waals surface area contributed by atoms with Gasteiger partial charge in [-0.05, 0) is 54.4 Å². The lowest BCUT2D eigenvalue weighted by Crippen LogP contribution is -2.28. The molecule has 296 valence electrons. The number of nitrogens with one attached hydrogen (secondary N) is 2. The Morgan fingerprint density at radius 1 is 0.964 bits per heavy atom. The van der Waals surface area contributed by atoms with Crippen LogP contribution in [0.4, 0.5) is 5.69 Å². The van der Waals surface area contributed by atoms with Crippen molar-refractivity contribution in [3.05, 3.63) is 93.4 Å². The number of azide groups is 1. The predicted octanol–water partition coefficient (Wildman–Crippen LogP) is 3.86. The normalized spacial score (nSPS) is 11.1. The van der Waals surface area contributed by atoms with Gasteiger partial charge in [-0.25, -0.2) is 14.1 Å². The zero-order valence-electron chi connectivity index (χ0n) is 32.2. The number of aromatic carboxylic acids is 1. The predicted molar refractivity (Wildman–Crippen MR) is 212 cm³/mol. The van der Waals surface area contributed by atoms with Crippen molar-refractivity contribution in [3.8, 4) is 22.5 Å². The number of aromatic nitrogens is 3. The van der Waals surface area contributed by atoms with Crippen molar-refractivity contribution in [2.24, 2.45) is 5.11 Å². The highest BCUT2D eigenvalue weighted by molar-refractivity contribution is 6.09. The number of hydrogen-bond acceptors (Lipinski definition) is 11. The summed E-state index contributed by atoms with van der Waals surface area (Å²) in [6.07, 6.45) is 2.62. The van der Waals surface area contributed by atoms with E-state index < -0.39 is 11.9 Å². The van der Waals surface area contributed by atoms with Gasteiger partial charge in [0.1, 0.15) is 25.4 Å². The minimum Gasteiger partial charge on any atom is -0.478 e. The van der Waals surface area contributed by atoms with Crippen molar-refractivity contribution in [2.45, 2.75) is 19.5 Å². The van der Waals surface area contributed by atoms with Crippen LogP contribution in [0.2, 0.25) is 0 Å². The van der Waals surface area contributed by atoms with Gasteiger partial charge < -0.3 is 39.3 Å². The number of carboxylic acids is 1. The van der Waals surface area contributed by atoms with E-state index in [1.54, 1.807) is 16.8 Å². The number of rotatable bonds is 22. The van der Waals surface area contributed by atoms with Crippen molar-refractivity contribution in [1.29, 1.82) is 0 Å². The molecule has 3 N–H and O–H groups in total. The molecule has 2 heterocycles. The average Bonchev–Trinajstić information content (AvgIpc) is 3.65. The molecule has 0 saturated heterocycles. The number of carbonyl (C=O) groups excluding carboxylic acids is 1. The van der Waals surface area contributed by atoms with Crippen LogP contribution in [0.5, 0.6) is 0 Å². The second-order valence-electron chi connectivity index (χ2n) is 13.2. The Kier molecular flexibility index (Phi) is 15.3. The van der Waals surface area contributed by atoms with Crippen LogP contribution in [0.25, 0.3) is 43.9 Å². The first-order chi connectivity index (χ1) is 27.2. The monoisotopic (exact) mass is 769 g/mol. The molecule has 2 aliphatic rings. The molecule has 0 unspecified atom stereocenters. The standard InChI is InChI=1S/C39H48N10O7/c1-47(2)29-7-10-32-35(23-29)56-36-24-30(48(3)4)8-11-33(36)37(32)31-9-6-27(22-34(31)39(51)52)38(50)42-14-16-53-18-20-55-21-19-54-17-15-49-26-28(44-46-49)25-41-12-5-13-43-45-40/h6-11,22-24,26,41H,5,12-21,25H2,1-4H3,(H-,42,50,51,52)/p+1. The van der Waals surface area contributed by atoms with Crippen LogP contribution in [0.15, 0.2) is 70.3 Å². The number of amides is 1. The summed E-state index contributed by atoms with van der Waals surface area (Å²) in [5, 5.41) is 29.8. The molecule has 1 aromatic heterocycles. The number of hydrogen-bond donors (Lipinski definition) is 3. The van der Waals surface area contributed by atoms with Gasteiger partial charge in [0.25, 0.3) is 5.91 Å². The molecule has 1 amide bonds. The third kappa shape index (κ3) is 11.3. The third-order valence-electron chi connectivity index (χ3n) is 8.81. The molecule has 2 aromatic carbocycles. The van der Waals surface area contributed by atoms with Crippen LogP contribution in [0, 0.1) is 0 Å². The Balaban J connectivity index is 1.06. The summed E-state index contributed by atoms with van der Waals surface area (Å²) >= 11 is 0. The molecular weight excluding hydrogens is 720 g/mol. The number of ether oxygens (including phenoxy) is 3. The van der Waals surface area contributed by atoms with E-state index in [1.165, 1.54) is 6.07 Å².